The third kappa shape index (κ3) is 3.59. The zero-order chi connectivity index (χ0) is 20.0. The number of nitrogens with one attached hydrogen (secondary N) is 1. The second-order valence-corrected chi connectivity index (χ2v) is 8.29. The number of ether oxygens (including phenoxy) is 1. The van der Waals surface area contributed by atoms with Crippen LogP contribution in [0, 0.1) is 0 Å². The van der Waals surface area contributed by atoms with Crippen molar-refractivity contribution in [3.63, 3.8) is 0 Å². The highest BCUT2D eigenvalue weighted by Gasteiger charge is 2.33. The predicted octanol–water partition coefficient (Wildman–Crippen LogP) is -0.159. The number of amides is 1. The van der Waals surface area contributed by atoms with Gasteiger partial charge in [0, 0.05) is 51.4 Å². The number of piperazine rings is 1. The molecule has 0 aromatic carbocycles. The number of hydrogen-bond donors (Lipinski definition) is 2. The minimum atomic E-state index is -1.02. The molecule has 1 amide bonds. The lowest BCUT2D eigenvalue weighted by atomic mass is 10.1. The van der Waals surface area contributed by atoms with E-state index in [0.717, 1.165) is 50.6 Å². The summed E-state index contributed by atoms with van der Waals surface area (Å²) in [6.45, 7) is 8.58. The van der Waals surface area contributed by atoms with Gasteiger partial charge >= 0.3 is 0 Å². The number of carbonyl (C=O) groups excluding carboxylic acids is 1. The van der Waals surface area contributed by atoms with Gasteiger partial charge in [-0.2, -0.15) is 5.10 Å². The number of fused-ring (bicyclic) bond motifs is 1. The van der Waals surface area contributed by atoms with Crippen molar-refractivity contribution in [2.45, 2.75) is 38.3 Å². The van der Waals surface area contributed by atoms with Gasteiger partial charge in [0.2, 0.25) is 12.3 Å². The molecule has 9 heteroatoms. The zero-order valence-electron chi connectivity index (χ0n) is 16.7. The van der Waals surface area contributed by atoms with Crippen LogP contribution in [0.15, 0.2) is 24.5 Å². The van der Waals surface area contributed by atoms with Crippen molar-refractivity contribution < 1.29 is 14.6 Å². The first kappa shape index (κ1) is 18.8. The Morgan fingerprint density at radius 2 is 2.17 bits per heavy atom. The lowest BCUT2D eigenvalue weighted by Gasteiger charge is -2.46. The first-order chi connectivity index (χ1) is 14.1. The molecule has 2 aromatic heterocycles. The smallest absolute Gasteiger partial charge is 0.225 e. The Morgan fingerprint density at radius 3 is 2.90 bits per heavy atom. The van der Waals surface area contributed by atoms with Crippen molar-refractivity contribution in [1.82, 2.24) is 24.7 Å². The van der Waals surface area contributed by atoms with Crippen molar-refractivity contribution in [2.24, 2.45) is 0 Å². The maximum Gasteiger partial charge on any atom is 0.225 e. The highest BCUT2D eigenvalue weighted by atomic mass is 16.5. The van der Waals surface area contributed by atoms with Crippen molar-refractivity contribution in [3.05, 3.63) is 30.1 Å². The molecule has 0 bridgehead atoms. The second kappa shape index (κ2) is 7.56. The van der Waals surface area contributed by atoms with Crippen LogP contribution in [0.25, 0.3) is 5.52 Å². The lowest BCUT2D eigenvalue weighted by molar-refractivity contribution is -0.125. The summed E-state index contributed by atoms with van der Waals surface area (Å²) in [6.07, 6.45) is 3.07. The van der Waals surface area contributed by atoms with Gasteiger partial charge in [0.1, 0.15) is 0 Å². The van der Waals surface area contributed by atoms with Gasteiger partial charge < -0.3 is 20.1 Å². The summed E-state index contributed by atoms with van der Waals surface area (Å²) < 4.78 is 7.18. The zero-order valence-corrected chi connectivity index (χ0v) is 16.7. The fourth-order valence-corrected chi connectivity index (χ4v) is 4.63. The van der Waals surface area contributed by atoms with Gasteiger partial charge in [-0.3, -0.25) is 14.6 Å². The average molecular weight is 400 g/mol. The number of carbonyl (C=O) groups is 1. The Hall–Kier alpha value is -2.20. The first-order valence-corrected chi connectivity index (χ1v) is 10.3. The average Bonchev–Trinajstić information content (AvgIpc) is 3.05. The molecule has 3 aliphatic heterocycles. The fraction of sp³-hybridized carbons (Fsp3) is 0.600. The molecular weight excluding hydrogens is 372 g/mol. The monoisotopic (exact) mass is 400 g/mol. The number of anilines is 1. The van der Waals surface area contributed by atoms with Crippen LogP contribution < -0.4 is 10.2 Å². The molecule has 3 fully saturated rings. The Balaban J connectivity index is 1.30. The summed E-state index contributed by atoms with van der Waals surface area (Å²) in [7, 11) is 0. The van der Waals surface area contributed by atoms with Crippen LogP contribution in [0.3, 0.4) is 0 Å². The molecule has 156 valence electrons. The van der Waals surface area contributed by atoms with Gasteiger partial charge in [-0.1, -0.05) is 0 Å². The molecule has 0 aliphatic carbocycles. The quantitative estimate of drug-likeness (QED) is 0.738. The predicted molar refractivity (Wildman–Crippen MR) is 107 cm³/mol. The fourth-order valence-electron chi connectivity index (χ4n) is 4.63. The van der Waals surface area contributed by atoms with Crippen molar-refractivity contribution in [3.8, 4) is 0 Å². The first-order valence-electron chi connectivity index (χ1n) is 10.3. The summed E-state index contributed by atoms with van der Waals surface area (Å²) >= 11 is 0. The summed E-state index contributed by atoms with van der Waals surface area (Å²) in [5.74, 6) is -0.132. The van der Waals surface area contributed by atoms with E-state index in [2.05, 4.69) is 39.3 Å². The van der Waals surface area contributed by atoms with Gasteiger partial charge in [-0.15, -0.1) is 0 Å². The maximum absolute atomic E-state index is 11.5. The number of pyridine rings is 1. The van der Waals surface area contributed by atoms with Gasteiger partial charge in [0.15, 0.2) is 0 Å². The van der Waals surface area contributed by atoms with Crippen LogP contribution in [0.4, 0.5) is 5.69 Å². The largest absolute Gasteiger partial charge is 0.378 e. The standard InChI is InChI=1S/C20H28N6O3/c1-14-10-23(6-7-24(14)16-12-29-13-16)11-15-2-5-26-17(8-15)18(9-21-26)25-4-3-19(27)22-20(25)28/h2,5,8-9,14,16,20,28H,3-4,6-7,10-13H2,1H3,(H,22,27)/t14-,20?/m0/s1. The van der Waals surface area contributed by atoms with E-state index in [1.807, 2.05) is 10.7 Å². The van der Waals surface area contributed by atoms with Crippen LogP contribution in [-0.2, 0) is 16.1 Å². The number of nitrogens with zero attached hydrogens (tertiary/aromatic N) is 5. The van der Waals surface area contributed by atoms with E-state index >= 15 is 0 Å². The summed E-state index contributed by atoms with van der Waals surface area (Å²) in [5.41, 5.74) is 3.00. The van der Waals surface area contributed by atoms with Gasteiger partial charge in [-0.25, -0.2) is 4.52 Å². The van der Waals surface area contributed by atoms with Crippen molar-refractivity contribution >= 4 is 17.1 Å². The molecule has 0 saturated carbocycles. The van der Waals surface area contributed by atoms with E-state index in [1.54, 1.807) is 11.1 Å². The number of hydrogen-bond acceptors (Lipinski definition) is 7. The minimum Gasteiger partial charge on any atom is -0.378 e. The van der Waals surface area contributed by atoms with Gasteiger partial charge in [-0.05, 0) is 24.6 Å². The van der Waals surface area contributed by atoms with Crippen LogP contribution in [-0.4, -0.2) is 88.3 Å². The molecule has 1 unspecified atom stereocenters. The molecule has 5 rings (SSSR count). The summed E-state index contributed by atoms with van der Waals surface area (Å²) in [4.78, 5) is 18.4. The topological polar surface area (TPSA) is 85.6 Å². The molecule has 0 radical (unpaired) electrons. The molecular formula is C20H28N6O3. The number of aliphatic hydroxyl groups excluding tert-OH is 1. The molecule has 0 spiro atoms. The highest BCUT2D eigenvalue weighted by Crippen LogP contribution is 2.26. The number of aromatic nitrogens is 2. The number of aliphatic hydroxyl groups is 1. The van der Waals surface area contributed by atoms with Crippen LogP contribution in [0.1, 0.15) is 18.9 Å². The van der Waals surface area contributed by atoms with E-state index in [1.165, 1.54) is 5.56 Å². The van der Waals surface area contributed by atoms with Gasteiger partial charge in [0.05, 0.1) is 36.7 Å². The molecule has 3 aliphatic rings. The highest BCUT2D eigenvalue weighted by molar-refractivity contribution is 5.81. The lowest BCUT2D eigenvalue weighted by Crippen LogP contribution is -2.60. The molecule has 5 heterocycles. The van der Waals surface area contributed by atoms with Gasteiger partial charge in [0.25, 0.3) is 0 Å². The Bertz CT molecular complexity index is 897. The molecule has 2 atom stereocenters. The third-order valence-electron chi connectivity index (χ3n) is 6.30. The van der Waals surface area contributed by atoms with Crippen LogP contribution in [0.5, 0.6) is 0 Å². The molecule has 29 heavy (non-hydrogen) atoms. The summed E-state index contributed by atoms with van der Waals surface area (Å²) in [5, 5.41) is 17.2. The Kier molecular flexibility index (Phi) is 4.91. The second-order valence-electron chi connectivity index (χ2n) is 8.29. The van der Waals surface area contributed by atoms with E-state index in [9.17, 15) is 9.90 Å². The SMILES string of the molecule is C[C@H]1CN(Cc2ccn3ncc(N4CCC(=O)NC4O)c3c2)CCN1C1COC1. The van der Waals surface area contributed by atoms with Crippen LogP contribution in [0.2, 0.25) is 0 Å². The molecule has 3 saturated heterocycles. The molecule has 9 nitrogen and oxygen atoms in total. The molecule has 2 N–H and O–H groups in total. The van der Waals surface area contributed by atoms with Crippen molar-refractivity contribution in [1.29, 1.82) is 0 Å². The number of rotatable bonds is 4. The van der Waals surface area contributed by atoms with E-state index in [-0.39, 0.29) is 5.91 Å². The van der Waals surface area contributed by atoms with Crippen LogP contribution >= 0.6 is 0 Å². The Labute approximate surface area is 169 Å². The summed E-state index contributed by atoms with van der Waals surface area (Å²) in [6, 6.07) is 5.37. The van der Waals surface area contributed by atoms with E-state index in [0.29, 0.717) is 25.0 Å². The third-order valence-corrected chi connectivity index (χ3v) is 6.30. The maximum atomic E-state index is 11.5. The minimum absolute atomic E-state index is 0.132. The molecule has 2 aromatic rings. The van der Waals surface area contributed by atoms with E-state index < -0.39 is 6.35 Å². The normalized spacial score (nSPS) is 27.2. The van der Waals surface area contributed by atoms with E-state index in [4.69, 9.17) is 4.74 Å². The Morgan fingerprint density at radius 1 is 1.31 bits per heavy atom. The van der Waals surface area contributed by atoms with Crippen molar-refractivity contribution in [2.75, 3.05) is 44.3 Å².